The zero-order valence-electron chi connectivity index (χ0n) is 15.9. The molecule has 0 fully saturated rings. The highest BCUT2D eigenvalue weighted by Gasteiger charge is 2.23. The molecule has 0 N–H and O–H groups in total. The number of carbonyl (C=O) groups is 1. The van der Waals surface area contributed by atoms with E-state index < -0.39 is 0 Å². The van der Waals surface area contributed by atoms with Crippen LogP contribution in [0.2, 0.25) is 10.0 Å². The number of amides is 1. The molecule has 150 valence electrons. The number of aryl methyl sites for hydroxylation is 1. The fraction of sp³-hybridized carbons (Fsp3) is 0.300. The van der Waals surface area contributed by atoms with Crippen LogP contribution in [0.5, 0.6) is 0 Å². The van der Waals surface area contributed by atoms with E-state index >= 15 is 0 Å². The number of thiazole rings is 1. The molecule has 4 nitrogen and oxygen atoms in total. The van der Waals surface area contributed by atoms with E-state index in [9.17, 15) is 4.79 Å². The maximum atomic E-state index is 13.3. The second kappa shape index (κ2) is 9.90. The van der Waals surface area contributed by atoms with Crippen LogP contribution < -0.4 is 4.90 Å². The molecule has 0 unspecified atom stereocenters. The third kappa shape index (κ3) is 5.37. The Hall–Kier alpha value is -1.37. The van der Waals surface area contributed by atoms with Crippen molar-refractivity contribution in [1.82, 2.24) is 9.88 Å². The average molecular weight is 459 g/mol. The van der Waals surface area contributed by atoms with Crippen LogP contribution in [0.25, 0.3) is 10.2 Å². The molecule has 1 heterocycles. The third-order valence-corrected chi connectivity index (χ3v) is 5.76. The van der Waals surface area contributed by atoms with Gasteiger partial charge in [-0.05, 0) is 69.9 Å². The van der Waals surface area contributed by atoms with Gasteiger partial charge in [-0.25, -0.2) is 4.98 Å². The molecule has 3 aromatic rings. The minimum atomic E-state index is -0.183. The normalized spacial score (nSPS) is 10.9. The van der Waals surface area contributed by atoms with Gasteiger partial charge in [-0.2, -0.15) is 0 Å². The summed E-state index contributed by atoms with van der Waals surface area (Å²) in [5.74, 6) is -0.183. The van der Waals surface area contributed by atoms with Gasteiger partial charge in [0.05, 0.1) is 20.8 Å². The monoisotopic (exact) mass is 457 g/mol. The van der Waals surface area contributed by atoms with Crippen LogP contribution in [0.15, 0.2) is 36.4 Å². The number of benzene rings is 2. The minimum Gasteiger partial charge on any atom is -0.309 e. The summed E-state index contributed by atoms with van der Waals surface area (Å²) in [5, 5.41) is 1.55. The molecule has 3 rings (SSSR count). The SMILES string of the molecule is Cc1ccc2nc(N(CCCN(C)C)C(=O)c3cc(Cl)ccc3Cl)sc2c1.Cl. The first kappa shape index (κ1) is 22.9. The first-order chi connectivity index (χ1) is 12.8. The van der Waals surface area contributed by atoms with Crippen LogP contribution in [0.3, 0.4) is 0 Å². The van der Waals surface area contributed by atoms with Crippen molar-refractivity contribution in [2.24, 2.45) is 0 Å². The van der Waals surface area contributed by atoms with Crippen LogP contribution in [0.4, 0.5) is 5.13 Å². The van der Waals surface area contributed by atoms with Crippen molar-refractivity contribution < 1.29 is 4.79 Å². The molecule has 0 radical (unpaired) electrons. The Morgan fingerprint density at radius 3 is 2.57 bits per heavy atom. The molecule has 0 aliphatic rings. The van der Waals surface area contributed by atoms with Crippen molar-refractivity contribution in [3.8, 4) is 0 Å². The summed E-state index contributed by atoms with van der Waals surface area (Å²) in [6.45, 7) is 3.47. The van der Waals surface area contributed by atoms with E-state index in [0.717, 1.165) is 23.2 Å². The van der Waals surface area contributed by atoms with Crippen LogP contribution >= 0.6 is 46.9 Å². The quantitative estimate of drug-likeness (QED) is 0.459. The minimum absolute atomic E-state index is 0. The van der Waals surface area contributed by atoms with Gasteiger partial charge in [-0.1, -0.05) is 40.6 Å². The Bertz CT molecular complexity index is 974. The second-order valence-electron chi connectivity index (χ2n) is 6.71. The lowest BCUT2D eigenvalue weighted by Crippen LogP contribution is -2.33. The van der Waals surface area contributed by atoms with Crippen molar-refractivity contribution >= 4 is 68.2 Å². The fourth-order valence-electron chi connectivity index (χ4n) is 2.77. The average Bonchev–Trinajstić information content (AvgIpc) is 3.02. The first-order valence-corrected chi connectivity index (χ1v) is 10.2. The Labute approximate surface area is 185 Å². The van der Waals surface area contributed by atoms with Crippen LogP contribution in [0, 0.1) is 6.92 Å². The molecule has 1 aromatic heterocycles. The Morgan fingerprint density at radius 2 is 1.86 bits per heavy atom. The largest absolute Gasteiger partial charge is 0.309 e. The van der Waals surface area contributed by atoms with Gasteiger partial charge in [0.15, 0.2) is 5.13 Å². The highest BCUT2D eigenvalue weighted by Crippen LogP contribution is 2.32. The van der Waals surface area contributed by atoms with Crippen LogP contribution in [-0.2, 0) is 0 Å². The van der Waals surface area contributed by atoms with E-state index in [2.05, 4.69) is 16.0 Å². The van der Waals surface area contributed by atoms with Crippen molar-refractivity contribution in [3.05, 3.63) is 57.6 Å². The molecule has 1 amide bonds. The Morgan fingerprint density at radius 1 is 1.11 bits per heavy atom. The van der Waals surface area contributed by atoms with Gasteiger partial charge in [0.2, 0.25) is 0 Å². The predicted molar refractivity (Wildman–Crippen MR) is 123 cm³/mol. The molecule has 0 spiro atoms. The van der Waals surface area contributed by atoms with E-state index in [1.165, 1.54) is 16.9 Å². The van der Waals surface area contributed by atoms with Crippen molar-refractivity contribution in [1.29, 1.82) is 0 Å². The third-order valence-electron chi connectivity index (χ3n) is 4.15. The van der Waals surface area contributed by atoms with Gasteiger partial charge in [0.25, 0.3) is 5.91 Å². The number of hydrogen-bond acceptors (Lipinski definition) is 4. The second-order valence-corrected chi connectivity index (χ2v) is 8.56. The molecule has 8 heteroatoms. The van der Waals surface area contributed by atoms with Gasteiger partial charge in [0.1, 0.15) is 0 Å². The topological polar surface area (TPSA) is 36.4 Å². The van der Waals surface area contributed by atoms with Crippen LogP contribution in [0.1, 0.15) is 22.3 Å². The lowest BCUT2D eigenvalue weighted by atomic mass is 10.2. The molecule has 28 heavy (non-hydrogen) atoms. The molecule has 0 aliphatic heterocycles. The van der Waals surface area contributed by atoms with E-state index in [4.69, 9.17) is 23.2 Å². The molecular weight excluding hydrogens is 437 g/mol. The molecule has 0 atom stereocenters. The number of aromatic nitrogens is 1. The van der Waals surface area contributed by atoms with Crippen molar-refractivity contribution in [2.45, 2.75) is 13.3 Å². The number of hydrogen-bond donors (Lipinski definition) is 0. The maximum absolute atomic E-state index is 13.3. The number of nitrogens with zero attached hydrogens (tertiary/aromatic N) is 3. The smallest absolute Gasteiger partial charge is 0.261 e. The first-order valence-electron chi connectivity index (χ1n) is 8.64. The number of rotatable bonds is 6. The summed E-state index contributed by atoms with van der Waals surface area (Å²) in [6.07, 6.45) is 0.825. The van der Waals surface area contributed by atoms with Gasteiger partial charge in [0, 0.05) is 11.6 Å². The number of anilines is 1. The molecule has 0 bridgehead atoms. The molecular formula is C20H22Cl3N3OS. The Balaban J connectivity index is 0.00000280. The highest BCUT2D eigenvalue weighted by atomic mass is 35.5. The zero-order valence-corrected chi connectivity index (χ0v) is 19.1. The summed E-state index contributed by atoms with van der Waals surface area (Å²) >= 11 is 13.9. The standard InChI is InChI=1S/C20H21Cl2N3OS.ClH/c1-13-5-8-17-18(11-13)27-20(23-17)25(10-4-9-24(2)3)19(26)15-12-14(21)6-7-16(15)22;/h5-8,11-12H,4,9-10H2,1-3H3;1H. The summed E-state index contributed by atoms with van der Waals surface area (Å²) in [7, 11) is 4.03. The Kier molecular flexibility index (Phi) is 8.10. The van der Waals surface area contributed by atoms with Crippen molar-refractivity contribution in [2.75, 3.05) is 32.1 Å². The number of carbonyl (C=O) groups excluding carboxylic acids is 1. The van der Waals surface area contributed by atoms with E-state index in [1.807, 2.05) is 33.2 Å². The van der Waals surface area contributed by atoms with E-state index in [1.54, 1.807) is 23.1 Å². The zero-order chi connectivity index (χ0) is 19.6. The molecule has 0 saturated carbocycles. The van der Waals surface area contributed by atoms with Gasteiger partial charge in [-0.15, -0.1) is 12.4 Å². The van der Waals surface area contributed by atoms with Crippen molar-refractivity contribution in [3.63, 3.8) is 0 Å². The highest BCUT2D eigenvalue weighted by molar-refractivity contribution is 7.22. The maximum Gasteiger partial charge on any atom is 0.261 e. The number of fused-ring (bicyclic) bond motifs is 1. The lowest BCUT2D eigenvalue weighted by Gasteiger charge is -2.21. The molecule has 2 aromatic carbocycles. The summed E-state index contributed by atoms with van der Waals surface area (Å²) in [5.41, 5.74) is 2.45. The number of halogens is 3. The van der Waals surface area contributed by atoms with E-state index in [0.29, 0.717) is 27.3 Å². The van der Waals surface area contributed by atoms with Gasteiger partial charge >= 0.3 is 0 Å². The summed E-state index contributed by atoms with van der Waals surface area (Å²) < 4.78 is 1.06. The van der Waals surface area contributed by atoms with E-state index in [-0.39, 0.29) is 18.3 Å². The summed E-state index contributed by atoms with van der Waals surface area (Å²) in [6, 6.07) is 11.0. The summed E-state index contributed by atoms with van der Waals surface area (Å²) in [4.78, 5) is 21.8. The van der Waals surface area contributed by atoms with Gasteiger partial charge in [-0.3, -0.25) is 9.69 Å². The predicted octanol–water partition coefficient (Wildman–Crippen LogP) is 5.93. The molecule has 0 aliphatic carbocycles. The lowest BCUT2D eigenvalue weighted by molar-refractivity contribution is 0.0986. The fourth-order valence-corrected chi connectivity index (χ4v) is 4.23. The molecule has 0 saturated heterocycles. The van der Waals surface area contributed by atoms with Gasteiger partial charge < -0.3 is 4.90 Å². The van der Waals surface area contributed by atoms with Crippen LogP contribution in [-0.4, -0.2) is 43.0 Å².